The molecule has 1 aliphatic carbocycles. The molecular weight excluding hydrogens is 236 g/mol. The van der Waals surface area contributed by atoms with E-state index in [1.165, 1.54) is 18.3 Å². The normalized spacial score (nSPS) is 15.8. The largest absolute Gasteiger partial charge is 0.358 e. The third kappa shape index (κ3) is 3.16. The Kier molecular flexibility index (Phi) is 3.40. The van der Waals surface area contributed by atoms with Gasteiger partial charge in [0.2, 0.25) is 5.91 Å². The monoisotopic (exact) mass is 250 g/mol. The fourth-order valence-corrected chi connectivity index (χ4v) is 1.45. The molecular formula is C11H14N4O3. The van der Waals surface area contributed by atoms with E-state index in [0.717, 1.165) is 12.8 Å². The summed E-state index contributed by atoms with van der Waals surface area (Å²) < 4.78 is 0. The van der Waals surface area contributed by atoms with Crippen molar-refractivity contribution in [2.75, 3.05) is 5.32 Å². The number of hydrogen-bond acceptors (Lipinski definition) is 5. The molecule has 1 aromatic rings. The summed E-state index contributed by atoms with van der Waals surface area (Å²) in [6.45, 7) is 1.69. The summed E-state index contributed by atoms with van der Waals surface area (Å²) >= 11 is 0. The summed E-state index contributed by atoms with van der Waals surface area (Å²) in [6.07, 6.45) is 3.38. The van der Waals surface area contributed by atoms with Crippen LogP contribution in [0.2, 0.25) is 0 Å². The minimum absolute atomic E-state index is 0.0534. The van der Waals surface area contributed by atoms with E-state index in [9.17, 15) is 14.9 Å². The van der Waals surface area contributed by atoms with Crippen molar-refractivity contribution in [3.8, 4) is 0 Å². The van der Waals surface area contributed by atoms with Crippen molar-refractivity contribution in [3.05, 3.63) is 28.4 Å². The van der Waals surface area contributed by atoms with Gasteiger partial charge in [0.1, 0.15) is 11.9 Å². The second-order valence-electron chi connectivity index (χ2n) is 4.31. The van der Waals surface area contributed by atoms with Crippen molar-refractivity contribution in [1.82, 2.24) is 10.3 Å². The first-order chi connectivity index (χ1) is 8.56. The lowest BCUT2D eigenvalue weighted by atomic mass is 10.3. The molecule has 0 aliphatic heterocycles. The van der Waals surface area contributed by atoms with Crippen LogP contribution in [0.3, 0.4) is 0 Å². The lowest BCUT2D eigenvalue weighted by molar-refractivity contribution is -0.384. The van der Waals surface area contributed by atoms with E-state index >= 15 is 0 Å². The average Bonchev–Trinajstić information content (AvgIpc) is 3.13. The predicted molar refractivity (Wildman–Crippen MR) is 65.1 cm³/mol. The Morgan fingerprint density at radius 3 is 2.94 bits per heavy atom. The molecule has 96 valence electrons. The topological polar surface area (TPSA) is 97.2 Å². The Morgan fingerprint density at radius 1 is 1.61 bits per heavy atom. The summed E-state index contributed by atoms with van der Waals surface area (Å²) in [6, 6.07) is 2.43. The van der Waals surface area contributed by atoms with Crippen LogP contribution >= 0.6 is 0 Å². The van der Waals surface area contributed by atoms with Crippen LogP contribution in [-0.2, 0) is 4.79 Å². The van der Waals surface area contributed by atoms with Crippen LogP contribution in [0.25, 0.3) is 0 Å². The number of rotatable bonds is 5. The molecule has 1 unspecified atom stereocenters. The molecule has 0 bridgehead atoms. The van der Waals surface area contributed by atoms with E-state index in [2.05, 4.69) is 15.6 Å². The molecule has 1 heterocycles. The second-order valence-corrected chi connectivity index (χ2v) is 4.31. The first kappa shape index (κ1) is 12.3. The number of anilines is 1. The quantitative estimate of drug-likeness (QED) is 0.601. The molecule has 0 aromatic carbocycles. The van der Waals surface area contributed by atoms with Gasteiger partial charge in [-0.2, -0.15) is 0 Å². The number of carbonyl (C=O) groups is 1. The number of aromatic nitrogens is 1. The van der Waals surface area contributed by atoms with E-state index < -0.39 is 11.0 Å². The number of nitrogens with one attached hydrogen (secondary N) is 2. The fourth-order valence-electron chi connectivity index (χ4n) is 1.45. The lowest BCUT2D eigenvalue weighted by Crippen LogP contribution is -2.38. The van der Waals surface area contributed by atoms with Gasteiger partial charge in [0.05, 0.1) is 11.0 Å². The van der Waals surface area contributed by atoms with Gasteiger partial charge in [-0.3, -0.25) is 14.9 Å². The lowest BCUT2D eigenvalue weighted by Gasteiger charge is -2.13. The van der Waals surface area contributed by atoms with Crippen LogP contribution in [0.4, 0.5) is 11.5 Å². The summed E-state index contributed by atoms with van der Waals surface area (Å²) in [5.74, 6) is 0.202. The highest BCUT2D eigenvalue weighted by Crippen LogP contribution is 2.19. The molecule has 0 saturated heterocycles. The molecule has 0 spiro atoms. The Hall–Kier alpha value is -2.18. The van der Waals surface area contributed by atoms with Crippen molar-refractivity contribution in [2.45, 2.75) is 31.8 Å². The van der Waals surface area contributed by atoms with Gasteiger partial charge in [0, 0.05) is 18.3 Å². The maximum atomic E-state index is 11.7. The average molecular weight is 250 g/mol. The summed E-state index contributed by atoms with van der Waals surface area (Å²) in [5.41, 5.74) is -0.0534. The van der Waals surface area contributed by atoms with Crippen LogP contribution in [0, 0.1) is 10.1 Å². The zero-order chi connectivity index (χ0) is 13.1. The Labute approximate surface area is 104 Å². The predicted octanol–water partition coefficient (Wildman–Crippen LogP) is 1.07. The molecule has 1 aliphatic rings. The van der Waals surface area contributed by atoms with Gasteiger partial charge in [0.15, 0.2) is 0 Å². The third-order valence-electron chi connectivity index (χ3n) is 2.64. The van der Waals surface area contributed by atoms with E-state index in [0.29, 0.717) is 11.9 Å². The second kappa shape index (κ2) is 4.99. The van der Waals surface area contributed by atoms with Crippen LogP contribution in [0.15, 0.2) is 18.3 Å². The first-order valence-corrected chi connectivity index (χ1v) is 5.73. The molecule has 0 radical (unpaired) electrons. The zero-order valence-corrected chi connectivity index (χ0v) is 9.92. The Bertz CT molecular complexity index is 473. The minimum Gasteiger partial charge on any atom is -0.358 e. The maximum Gasteiger partial charge on any atom is 0.274 e. The summed E-state index contributed by atoms with van der Waals surface area (Å²) in [7, 11) is 0. The van der Waals surface area contributed by atoms with Gasteiger partial charge in [-0.1, -0.05) is 0 Å². The highest BCUT2D eigenvalue weighted by Gasteiger charge is 2.25. The van der Waals surface area contributed by atoms with Crippen molar-refractivity contribution in [2.24, 2.45) is 0 Å². The molecule has 1 amide bonds. The Morgan fingerprint density at radius 2 is 2.33 bits per heavy atom. The van der Waals surface area contributed by atoms with Gasteiger partial charge in [0.25, 0.3) is 5.69 Å². The minimum atomic E-state index is -0.498. The zero-order valence-electron chi connectivity index (χ0n) is 9.92. The number of nitro groups is 1. The van der Waals surface area contributed by atoms with E-state index in [-0.39, 0.29) is 11.6 Å². The van der Waals surface area contributed by atoms with Crippen LogP contribution < -0.4 is 10.6 Å². The maximum absolute atomic E-state index is 11.7. The van der Waals surface area contributed by atoms with Crippen molar-refractivity contribution in [3.63, 3.8) is 0 Å². The van der Waals surface area contributed by atoms with Gasteiger partial charge in [-0.05, 0) is 19.8 Å². The van der Waals surface area contributed by atoms with Gasteiger partial charge >= 0.3 is 0 Å². The number of amides is 1. The van der Waals surface area contributed by atoms with E-state index in [1.807, 2.05) is 0 Å². The van der Waals surface area contributed by atoms with Crippen molar-refractivity contribution in [1.29, 1.82) is 0 Å². The summed E-state index contributed by atoms with van der Waals surface area (Å²) in [4.78, 5) is 25.7. The fraction of sp³-hybridized carbons (Fsp3) is 0.455. The molecule has 2 rings (SSSR count). The number of hydrogen-bond donors (Lipinski definition) is 2. The Balaban J connectivity index is 1.96. The van der Waals surface area contributed by atoms with Crippen LogP contribution in [0.5, 0.6) is 0 Å². The molecule has 18 heavy (non-hydrogen) atoms. The number of nitrogens with zero attached hydrogens (tertiary/aromatic N) is 2. The third-order valence-corrected chi connectivity index (χ3v) is 2.64. The molecule has 7 heteroatoms. The SMILES string of the molecule is CC(Nc1cc([N+](=O)[O-])ccn1)C(=O)NC1CC1. The van der Waals surface area contributed by atoms with Gasteiger partial charge in [-0.25, -0.2) is 4.98 Å². The standard InChI is InChI=1S/C11H14N4O3/c1-7(11(16)14-8-2-3-8)13-10-6-9(15(17)18)4-5-12-10/h4-8H,2-3H2,1H3,(H,12,13)(H,14,16). The molecule has 7 nitrogen and oxygen atoms in total. The van der Waals surface area contributed by atoms with Gasteiger partial charge in [-0.15, -0.1) is 0 Å². The van der Waals surface area contributed by atoms with Crippen molar-refractivity contribution < 1.29 is 9.72 Å². The highest BCUT2D eigenvalue weighted by atomic mass is 16.6. The molecule has 1 atom stereocenters. The van der Waals surface area contributed by atoms with Crippen molar-refractivity contribution >= 4 is 17.4 Å². The number of carbonyl (C=O) groups excluding carboxylic acids is 1. The van der Waals surface area contributed by atoms with E-state index in [1.54, 1.807) is 6.92 Å². The first-order valence-electron chi connectivity index (χ1n) is 5.73. The van der Waals surface area contributed by atoms with Gasteiger partial charge < -0.3 is 10.6 Å². The van der Waals surface area contributed by atoms with Crippen LogP contribution in [0.1, 0.15) is 19.8 Å². The van der Waals surface area contributed by atoms with Crippen LogP contribution in [-0.4, -0.2) is 27.9 Å². The molecule has 1 saturated carbocycles. The molecule has 1 aromatic heterocycles. The summed E-state index contributed by atoms with van der Waals surface area (Å²) in [5, 5.41) is 16.3. The number of pyridine rings is 1. The molecule has 2 N–H and O–H groups in total. The van der Waals surface area contributed by atoms with E-state index in [4.69, 9.17) is 0 Å². The smallest absolute Gasteiger partial charge is 0.274 e. The molecule has 1 fully saturated rings. The highest BCUT2D eigenvalue weighted by molar-refractivity contribution is 5.84.